The third kappa shape index (κ3) is 4.12. The fourth-order valence-electron chi connectivity index (χ4n) is 1.16. The Hall–Kier alpha value is -0.850. The smallest absolute Gasteiger partial charge is 0.0374 e. The largest absolute Gasteiger partial charge is 0.290 e. The first-order valence-corrected chi connectivity index (χ1v) is 4.49. The molecule has 0 aromatic heterocycles. The summed E-state index contributed by atoms with van der Waals surface area (Å²) in [6, 6.07) is 0. The maximum atomic E-state index is 4.40. The van der Waals surface area contributed by atoms with Crippen LogP contribution < -0.4 is 0 Å². The van der Waals surface area contributed by atoms with E-state index in [1.165, 1.54) is 11.3 Å². The molecule has 0 amide bonds. The van der Waals surface area contributed by atoms with Gasteiger partial charge in [0.25, 0.3) is 0 Å². The van der Waals surface area contributed by atoms with Crippen LogP contribution in [0.5, 0.6) is 0 Å². The Morgan fingerprint density at radius 1 is 1.33 bits per heavy atom. The molecule has 0 saturated carbocycles. The monoisotopic (exact) mass is 165 g/mol. The molecule has 0 bridgehead atoms. The van der Waals surface area contributed by atoms with Crippen molar-refractivity contribution in [1.29, 1.82) is 0 Å². The molecule has 0 fully saturated rings. The molecule has 0 radical (unpaired) electrons. The molecule has 0 aliphatic rings. The van der Waals surface area contributed by atoms with Crippen molar-refractivity contribution in [1.82, 2.24) is 0 Å². The lowest BCUT2D eigenvalue weighted by atomic mass is 10.1. The summed E-state index contributed by atoms with van der Waals surface area (Å²) in [4.78, 5) is 4.40. The summed E-state index contributed by atoms with van der Waals surface area (Å²) in [5.41, 5.74) is 3.53. The number of aliphatic imine (C=N–C) groups is 1. The quantitative estimate of drug-likeness (QED) is 0.447. The Bertz CT molecular complexity index is 209. The van der Waals surface area contributed by atoms with Gasteiger partial charge in [0.1, 0.15) is 0 Å². The van der Waals surface area contributed by atoms with Crippen LogP contribution in [-0.2, 0) is 0 Å². The standard InChI is InChI=1S/C11H19N/c1-6-11(12-7-2)10(5)8-9(3)4/h8H,3,6-7H2,1-2,4-5H3/b10-8-,12-11+. The Morgan fingerprint density at radius 3 is 2.25 bits per heavy atom. The minimum Gasteiger partial charge on any atom is -0.290 e. The molecule has 68 valence electrons. The summed E-state index contributed by atoms with van der Waals surface area (Å²) < 4.78 is 0. The van der Waals surface area contributed by atoms with Crippen LogP contribution in [0.3, 0.4) is 0 Å². The van der Waals surface area contributed by atoms with E-state index in [0.29, 0.717) is 0 Å². The summed E-state index contributed by atoms with van der Waals surface area (Å²) in [5, 5.41) is 0. The van der Waals surface area contributed by atoms with Crippen LogP contribution in [0, 0.1) is 0 Å². The minimum absolute atomic E-state index is 0.866. The van der Waals surface area contributed by atoms with E-state index in [2.05, 4.69) is 38.4 Å². The van der Waals surface area contributed by atoms with E-state index >= 15 is 0 Å². The highest BCUT2D eigenvalue weighted by molar-refractivity contribution is 5.99. The highest BCUT2D eigenvalue weighted by Crippen LogP contribution is 2.05. The van der Waals surface area contributed by atoms with E-state index in [9.17, 15) is 0 Å². The van der Waals surface area contributed by atoms with Gasteiger partial charge in [-0.15, -0.1) is 0 Å². The van der Waals surface area contributed by atoms with Crippen molar-refractivity contribution in [2.24, 2.45) is 4.99 Å². The zero-order valence-electron chi connectivity index (χ0n) is 8.65. The average molecular weight is 165 g/mol. The predicted molar refractivity (Wildman–Crippen MR) is 56.8 cm³/mol. The van der Waals surface area contributed by atoms with Crippen LogP contribution in [0.2, 0.25) is 0 Å². The van der Waals surface area contributed by atoms with Gasteiger partial charge in [0.15, 0.2) is 0 Å². The normalized spacial score (nSPS) is 13.3. The molecule has 0 aliphatic heterocycles. The average Bonchev–Trinajstić information content (AvgIpc) is 1.98. The molecule has 1 heteroatoms. The van der Waals surface area contributed by atoms with Gasteiger partial charge in [0, 0.05) is 12.3 Å². The van der Waals surface area contributed by atoms with E-state index in [0.717, 1.165) is 18.5 Å². The fraction of sp³-hybridized carbons (Fsp3) is 0.545. The molecule has 0 aromatic rings. The molecule has 0 rings (SSSR count). The molecule has 0 unspecified atom stereocenters. The molecular weight excluding hydrogens is 146 g/mol. The Kier molecular flexibility index (Phi) is 5.35. The zero-order valence-corrected chi connectivity index (χ0v) is 8.65. The van der Waals surface area contributed by atoms with E-state index in [1.807, 2.05) is 6.92 Å². The Labute approximate surface area is 75.9 Å². The first-order valence-electron chi connectivity index (χ1n) is 4.49. The van der Waals surface area contributed by atoms with Gasteiger partial charge in [-0.25, -0.2) is 0 Å². The van der Waals surface area contributed by atoms with Gasteiger partial charge in [0.05, 0.1) is 0 Å². The first kappa shape index (κ1) is 11.2. The van der Waals surface area contributed by atoms with Crippen molar-refractivity contribution in [3.63, 3.8) is 0 Å². The molecule has 12 heavy (non-hydrogen) atoms. The number of hydrogen-bond acceptors (Lipinski definition) is 1. The predicted octanol–water partition coefficient (Wildman–Crippen LogP) is 3.38. The first-order chi connectivity index (χ1) is 5.61. The van der Waals surface area contributed by atoms with Gasteiger partial charge < -0.3 is 0 Å². The highest BCUT2D eigenvalue weighted by Gasteiger charge is 1.97. The van der Waals surface area contributed by atoms with Gasteiger partial charge in [-0.3, -0.25) is 4.99 Å². The summed E-state index contributed by atoms with van der Waals surface area (Å²) >= 11 is 0. The lowest BCUT2D eigenvalue weighted by Crippen LogP contribution is -1.99. The summed E-state index contributed by atoms with van der Waals surface area (Å²) in [6.45, 7) is 13.0. The summed E-state index contributed by atoms with van der Waals surface area (Å²) in [6.07, 6.45) is 3.08. The van der Waals surface area contributed by atoms with Crippen molar-refractivity contribution < 1.29 is 0 Å². The van der Waals surface area contributed by atoms with Gasteiger partial charge in [-0.1, -0.05) is 25.2 Å². The van der Waals surface area contributed by atoms with Crippen LogP contribution in [0.4, 0.5) is 0 Å². The second-order valence-electron chi connectivity index (χ2n) is 2.95. The molecule has 1 nitrogen and oxygen atoms in total. The maximum absolute atomic E-state index is 4.40. The SMILES string of the molecule is C=C(C)/C=C(C)\C(CC)=N\CC. The van der Waals surface area contributed by atoms with Crippen LogP contribution in [0.1, 0.15) is 34.1 Å². The van der Waals surface area contributed by atoms with Crippen LogP contribution >= 0.6 is 0 Å². The van der Waals surface area contributed by atoms with E-state index in [4.69, 9.17) is 0 Å². The van der Waals surface area contributed by atoms with Crippen LogP contribution in [0.15, 0.2) is 28.8 Å². The highest BCUT2D eigenvalue weighted by atomic mass is 14.7. The van der Waals surface area contributed by atoms with E-state index in [-0.39, 0.29) is 0 Å². The molecule has 0 aliphatic carbocycles. The van der Waals surface area contributed by atoms with Gasteiger partial charge in [-0.2, -0.15) is 0 Å². The van der Waals surface area contributed by atoms with Gasteiger partial charge in [-0.05, 0) is 32.8 Å². The van der Waals surface area contributed by atoms with Crippen molar-refractivity contribution >= 4 is 5.71 Å². The lowest BCUT2D eigenvalue weighted by Gasteiger charge is -2.03. The van der Waals surface area contributed by atoms with Crippen molar-refractivity contribution in [3.05, 3.63) is 23.8 Å². The van der Waals surface area contributed by atoms with Crippen molar-refractivity contribution in [2.75, 3.05) is 6.54 Å². The topological polar surface area (TPSA) is 12.4 Å². The Balaban J connectivity index is 4.52. The molecule has 0 spiro atoms. The minimum atomic E-state index is 0.866. The van der Waals surface area contributed by atoms with Gasteiger partial charge >= 0.3 is 0 Å². The third-order valence-corrected chi connectivity index (χ3v) is 1.60. The number of allylic oxidation sites excluding steroid dienone is 3. The molecule has 0 atom stereocenters. The number of nitrogens with zero attached hydrogens (tertiary/aromatic N) is 1. The van der Waals surface area contributed by atoms with Gasteiger partial charge in [0.2, 0.25) is 0 Å². The Morgan fingerprint density at radius 2 is 1.92 bits per heavy atom. The summed E-state index contributed by atoms with van der Waals surface area (Å²) in [5.74, 6) is 0. The number of rotatable bonds is 4. The molecule has 0 aromatic carbocycles. The number of hydrogen-bond donors (Lipinski definition) is 0. The molecule has 0 heterocycles. The third-order valence-electron chi connectivity index (χ3n) is 1.60. The molecule has 0 saturated heterocycles. The lowest BCUT2D eigenvalue weighted by molar-refractivity contribution is 1.09. The van der Waals surface area contributed by atoms with Crippen molar-refractivity contribution in [2.45, 2.75) is 34.1 Å². The van der Waals surface area contributed by atoms with E-state index < -0.39 is 0 Å². The maximum Gasteiger partial charge on any atom is 0.0374 e. The fourth-order valence-corrected chi connectivity index (χ4v) is 1.16. The van der Waals surface area contributed by atoms with Crippen LogP contribution in [-0.4, -0.2) is 12.3 Å². The van der Waals surface area contributed by atoms with Crippen molar-refractivity contribution in [3.8, 4) is 0 Å². The van der Waals surface area contributed by atoms with E-state index in [1.54, 1.807) is 0 Å². The molecule has 0 N–H and O–H groups in total. The zero-order chi connectivity index (χ0) is 9.56. The second-order valence-corrected chi connectivity index (χ2v) is 2.95. The molecular formula is C11H19N. The summed E-state index contributed by atoms with van der Waals surface area (Å²) in [7, 11) is 0. The second kappa shape index (κ2) is 5.76. The van der Waals surface area contributed by atoms with Crippen LogP contribution in [0.25, 0.3) is 0 Å².